The number of rotatable bonds is 2. The lowest BCUT2D eigenvalue weighted by molar-refractivity contribution is -0.139. The maximum Gasteiger partial charge on any atom is 0.262 e. The average Bonchev–Trinajstić information content (AvgIpc) is 2.99. The first-order valence-electron chi connectivity index (χ1n) is 11.0. The van der Waals surface area contributed by atoms with Gasteiger partial charge in [-0.1, -0.05) is 20.8 Å². The summed E-state index contributed by atoms with van der Waals surface area (Å²) in [6, 6.07) is 0. The van der Waals surface area contributed by atoms with E-state index in [0.717, 1.165) is 42.7 Å². The van der Waals surface area contributed by atoms with Gasteiger partial charge in [0.2, 0.25) is 0 Å². The van der Waals surface area contributed by atoms with Gasteiger partial charge < -0.3 is 9.84 Å². The molecule has 0 aromatic rings. The number of hydrogen-bond donors (Lipinski definition) is 1. The first-order chi connectivity index (χ1) is 13.0. The summed E-state index contributed by atoms with van der Waals surface area (Å²) in [4.78, 5) is 20.4. The van der Waals surface area contributed by atoms with Crippen LogP contribution in [0.15, 0.2) is 16.3 Å². The standard InChI is InChI=1S/C23H34N2O3/c1-13(24-23-9-14-6-15(10-23)8-16(7-14)11-23)17-18(26)22(5)12-28-20(21(2,3)4)25(22)19(17)27/h14-16,20,26H,6-12H2,1-5H3/t14?,15?,16?,20-,22-,23?/m0/s1. The predicted molar refractivity (Wildman–Crippen MR) is 108 cm³/mol. The minimum Gasteiger partial charge on any atom is -0.509 e. The van der Waals surface area contributed by atoms with E-state index in [2.05, 4.69) is 20.8 Å². The van der Waals surface area contributed by atoms with Crippen molar-refractivity contribution in [3.05, 3.63) is 11.3 Å². The zero-order valence-electron chi connectivity index (χ0n) is 17.9. The van der Waals surface area contributed by atoms with Gasteiger partial charge in [0.25, 0.3) is 5.91 Å². The molecule has 2 heterocycles. The van der Waals surface area contributed by atoms with E-state index in [1.807, 2.05) is 13.8 Å². The van der Waals surface area contributed by atoms with Crippen LogP contribution >= 0.6 is 0 Å². The second-order valence-electron chi connectivity index (χ2n) is 11.5. The van der Waals surface area contributed by atoms with Gasteiger partial charge in [0.1, 0.15) is 23.1 Å². The highest BCUT2D eigenvalue weighted by molar-refractivity contribution is 6.23. The fourth-order valence-electron chi connectivity index (χ4n) is 7.23. The van der Waals surface area contributed by atoms with Crippen LogP contribution in [0.4, 0.5) is 0 Å². The Labute approximate surface area is 168 Å². The third-order valence-corrected chi connectivity index (χ3v) is 7.98. The van der Waals surface area contributed by atoms with E-state index in [-0.39, 0.29) is 28.8 Å². The molecule has 1 saturated heterocycles. The Morgan fingerprint density at radius 2 is 1.68 bits per heavy atom. The number of nitrogens with zero attached hydrogens (tertiary/aromatic N) is 2. The Balaban J connectivity index is 1.50. The molecule has 5 nitrogen and oxygen atoms in total. The number of aliphatic imine (C=N–C) groups is 1. The highest BCUT2D eigenvalue weighted by Gasteiger charge is 2.60. The van der Waals surface area contributed by atoms with Crippen LogP contribution in [0.1, 0.15) is 73.1 Å². The van der Waals surface area contributed by atoms with Crippen molar-refractivity contribution in [3.63, 3.8) is 0 Å². The summed E-state index contributed by atoms with van der Waals surface area (Å²) >= 11 is 0. The number of carbonyl (C=O) groups excluding carboxylic acids is 1. The van der Waals surface area contributed by atoms with Gasteiger partial charge >= 0.3 is 0 Å². The quantitative estimate of drug-likeness (QED) is 0.723. The minimum atomic E-state index is -0.775. The molecular formula is C23H34N2O3. The molecule has 2 aliphatic heterocycles. The number of carbonyl (C=O) groups is 1. The number of aliphatic hydroxyl groups excluding tert-OH is 1. The summed E-state index contributed by atoms with van der Waals surface area (Å²) in [7, 11) is 0. The first-order valence-corrected chi connectivity index (χ1v) is 11.0. The van der Waals surface area contributed by atoms with Crippen molar-refractivity contribution in [1.82, 2.24) is 4.90 Å². The lowest BCUT2D eigenvalue weighted by Crippen LogP contribution is -2.50. The summed E-state index contributed by atoms with van der Waals surface area (Å²) in [5.74, 6) is 2.45. The van der Waals surface area contributed by atoms with Crippen LogP contribution < -0.4 is 0 Å². The van der Waals surface area contributed by atoms with Gasteiger partial charge in [-0.25, -0.2) is 0 Å². The fourth-order valence-corrected chi connectivity index (χ4v) is 7.23. The van der Waals surface area contributed by atoms with Gasteiger partial charge in [0, 0.05) is 11.1 Å². The molecule has 154 valence electrons. The van der Waals surface area contributed by atoms with Crippen LogP contribution in [0, 0.1) is 23.2 Å². The molecule has 0 radical (unpaired) electrons. The molecule has 4 aliphatic carbocycles. The van der Waals surface area contributed by atoms with Gasteiger partial charge in [-0.05, 0) is 70.1 Å². The van der Waals surface area contributed by atoms with Crippen molar-refractivity contribution >= 4 is 11.6 Å². The van der Waals surface area contributed by atoms with Gasteiger partial charge in [0.05, 0.1) is 12.1 Å². The van der Waals surface area contributed by atoms with Crippen molar-refractivity contribution in [2.75, 3.05) is 6.61 Å². The van der Waals surface area contributed by atoms with Crippen molar-refractivity contribution in [2.24, 2.45) is 28.2 Å². The zero-order valence-corrected chi connectivity index (χ0v) is 17.9. The second kappa shape index (κ2) is 5.62. The third-order valence-electron chi connectivity index (χ3n) is 7.98. The maximum absolute atomic E-state index is 13.4. The summed E-state index contributed by atoms with van der Waals surface area (Å²) < 4.78 is 5.96. The molecule has 1 N–H and O–H groups in total. The molecule has 5 fully saturated rings. The minimum absolute atomic E-state index is 0.000258. The Bertz CT molecular complexity index is 755. The number of fused-ring (bicyclic) bond motifs is 1. The zero-order chi connectivity index (χ0) is 20.1. The van der Waals surface area contributed by atoms with Crippen LogP contribution in [-0.2, 0) is 9.53 Å². The SMILES string of the molecule is CC(=NC12CC3CC(CC(C3)C1)C2)C1=C(O)[C@]2(C)CO[C@@H](C(C)(C)C)N2C1=O. The molecule has 28 heavy (non-hydrogen) atoms. The summed E-state index contributed by atoms with van der Waals surface area (Å²) in [5.41, 5.74) is 0.167. The van der Waals surface area contributed by atoms with E-state index in [1.54, 1.807) is 4.90 Å². The fraction of sp³-hybridized carbons (Fsp3) is 0.826. The van der Waals surface area contributed by atoms with E-state index in [4.69, 9.17) is 9.73 Å². The third kappa shape index (κ3) is 2.47. The smallest absolute Gasteiger partial charge is 0.262 e. The molecule has 6 rings (SSSR count). The second-order valence-corrected chi connectivity index (χ2v) is 11.5. The molecular weight excluding hydrogens is 352 g/mol. The van der Waals surface area contributed by atoms with Crippen molar-refractivity contribution < 1.29 is 14.6 Å². The number of aliphatic hydroxyl groups is 1. The molecule has 1 amide bonds. The lowest BCUT2D eigenvalue weighted by atomic mass is 9.53. The Morgan fingerprint density at radius 3 is 2.18 bits per heavy atom. The van der Waals surface area contributed by atoms with Crippen molar-refractivity contribution in [1.29, 1.82) is 0 Å². The van der Waals surface area contributed by atoms with Gasteiger partial charge in [-0.3, -0.25) is 14.7 Å². The van der Waals surface area contributed by atoms with Crippen molar-refractivity contribution in [2.45, 2.75) is 90.4 Å². The number of hydrogen-bond acceptors (Lipinski definition) is 4. The van der Waals surface area contributed by atoms with Gasteiger partial charge in [0.15, 0.2) is 0 Å². The van der Waals surface area contributed by atoms with E-state index >= 15 is 0 Å². The van der Waals surface area contributed by atoms with Crippen LogP contribution in [0.3, 0.4) is 0 Å². The molecule has 0 aromatic heterocycles. The molecule has 0 spiro atoms. The Kier molecular flexibility index (Phi) is 3.74. The molecule has 0 aromatic carbocycles. The number of ether oxygens (including phenoxy) is 1. The highest BCUT2D eigenvalue weighted by Crippen LogP contribution is 2.57. The predicted octanol–water partition coefficient (Wildman–Crippen LogP) is 4.23. The summed E-state index contributed by atoms with van der Waals surface area (Å²) in [6.45, 7) is 10.4. The van der Waals surface area contributed by atoms with Crippen LogP contribution in [0.5, 0.6) is 0 Å². The van der Waals surface area contributed by atoms with Crippen LogP contribution in [-0.4, -0.2) is 45.5 Å². The molecule has 0 unspecified atom stereocenters. The van der Waals surface area contributed by atoms with Crippen LogP contribution in [0.2, 0.25) is 0 Å². The van der Waals surface area contributed by atoms with Crippen molar-refractivity contribution in [3.8, 4) is 0 Å². The molecule has 4 saturated carbocycles. The summed E-state index contributed by atoms with van der Waals surface area (Å²) in [6.07, 6.45) is 7.26. The molecule has 2 atom stereocenters. The van der Waals surface area contributed by atoms with E-state index in [9.17, 15) is 9.90 Å². The molecule has 5 heteroatoms. The van der Waals surface area contributed by atoms with E-state index in [1.165, 1.54) is 19.3 Å². The van der Waals surface area contributed by atoms with E-state index in [0.29, 0.717) is 12.2 Å². The monoisotopic (exact) mass is 386 g/mol. The van der Waals surface area contributed by atoms with Gasteiger partial charge in [-0.15, -0.1) is 0 Å². The highest BCUT2D eigenvalue weighted by atomic mass is 16.5. The lowest BCUT2D eigenvalue weighted by Gasteiger charge is -2.55. The van der Waals surface area contributed by atoms with Gasteiger partial charge in [-0.2, -0.15) is 0 Å². The molecule has 4 bridgehead atoms. The topological polar surface area (TPSA) is 62.1 Å². The first kappa shape index (κ1) is 18.7. The molecule has 6 aliphatic rings. The maximum atomic E-state index is 13.4. The van der Waals surface area contributed by atoms with Crippen LogP contribution in [0.25, 0.3) is 0 Å². The largest absolute Gasteiger partial charge is 0.509 e. The Hall–Kier alpha value is -1.36. The average molecular weight is 387 g/mol. The normalized spacial score (nSPS) is 45.4. The summed E-state index contributed by atoms with van der Waals surface area (Å²) in [5, 5.41) is 11.1. The van der Waals surface area contributed by atoms with E-state index < -0.39 is 5.54 Å². The Morgan fingerprint density at radius 1 is 1.14 bits per heavy atom. The number of amides is 1.